The van der Waals surface area contributed by atoms with Crippen molar-refractivity contribution in [3.63, 3.8) is 0 Å². The zero-order chi connectivity index (χ0) is 13.8. The Morgan fingerprint density at radius 1 is 1.37 bits per heavy atom. The van der Waals surface area contributed by atoms with Crippen LogP contribution >= 0.6 is 0 Å². The van der Waals surface area contributed by atoms with Gasteiger partial charge in [-0.3, -0.25) is 4.98 Å². The van der Waals surface area contributed by atoms with Crippen LogP contribution in [0.25, 0.3) is 10.9 Å². The Balaban J connectivity index is 2.48. The normalized spacial score (nSPS) is 10.6. The molecule has 0 saturated heterocycles. The Bertz CT molecular complexity index is 613. The Labute approximate surface area is 113 Å². The maximum Gasteiger partial charge on any atom is 0.0724 e. The number of nitrogen functional groups attached to an aromatic ring is 1. The quantitative estimate of drug-likeness (QED) is 0.852. The maximum atomic E-state index is 8.77. The van der Waals surface area contributed by atoms with Gasteiger partial charge in [-0.25, -0.2) is 0 Å². The van der Waals surface area contributed by atoms with Crippen molar-refractivity contribution in [2.75, 3.05) is 17.2 Å². The average Bonchev–Trinajstić information content (AvgIpc) is 2.41. The number of aromatic nitrogens is 1. The summed E-state index contributed by atoms with van der Waals surface area (Å²) in [4.78, 5) is 6.46. The third-order valence-corrected chi connectivity index (χ3v) is 3.20. The first-order valence-corrected chi connectivity index (χ1v) is 6.42. The lowest BCUT2D eigenvalue weighted by Crippen LogP contribution is -2.32. The second-order valence-corrected chi connectivity index (χ2v) is 4.76. The molecule has 0 unspecified atom stereocenters. The SMILES string of the molecule is CC(C)N(CCC#N)c1ccc2ncccc2c1N. The topological polar surface area (TPSA) is 65.9 Å². The summed E-state index contributed by atoms with van der Waals surface area (Å²) in [6, 6.07) is 10.3. The summed E-state index contributed by atoms with van der Waals surface area (Å²) in [7, 11) is 0. The molecule has 0 radical (unpaired) electrons. The molecule has 1 heterocycles. The van der Waals surface area contributed by atoms with E-state index < -0.39 is 0 Å². The van der Waals surface area contributed by atoms with Crippen LogP contribution in [0.4, 0.5) is 11.4 Å². The molecule has 1 aromatic heterocycles. The standard InChI is InChI=1S/C15H18N4/c1-11(2)19(10-4-8-16)14-7-6-13-12(15(14)17)5-3-9-18-13/h3,5-7,9,11H,4,10,17H2,1-2H3. The van der Waals surface area contributed by atoms with Gasteiger partial charge < -0.3 is 10.6 Å². The molecule has 2 N–H and O–H groups in total. The Hall–Kier alpha value is -2.28. The lowest BCUT2D eigenvalue weighted by Gasteiger charge is -2.29. The molecule has 2 aromatic rings. The van der Waals surface area contributed by atoms with E-state index in [9.17, 15) is 0 Å². The van der Waals surface area contributed by atoms with E-state index in [1.807, 2.05) is 24.3 Å². The Morgan fingerprint density at radius 3 is 2.84 bits per heavy atom. The van der Waals surface area contributed by atoms with Crippen LogP contribution in [0.15, 0.2) is 30.5 Å². The maximum absolute atomic E-state index is 8.77. The van der Waals surface area contributed by atoms with E-state index in [1.54, 1.807) is 6.20 Å². The van der Waals surface area contributed by atoms with Gasteiger partial charge in [0.05, 0.1) is 29.4 Å². The fourth-order valence-electron chi connectivity index (χ4n) is 2.24. The Kier molecular flexibility index (Phi) is 3.86. The molecular weight excluding hydrogens is 236 g/mol. The van der Waals surface area contributed by atoms with Gasteiger partial charge >= 0.3 is 0 Å². The fraction of sp³-hybridized carbons (Fsp3) is 0.333. The van der Waals surface area contributed by atoms with E-state index in [2.05, 4.69) is 29.8 Å². The minimum Gasteiger partial charge on any atom is -0.396 e. The highest BCUT2D eigenvalue weighted by Gasteiger charge is 2.14. The number of hydrogen-bond acceptors (Lipinski definition) is 4. The van der Waals surface area contributed by atoms with Crippen molar-refractivity contribution in [1.82, 2.24) is 4.98 Å². The molecule has 4 nitrogen and oxygen atoms in total. The summed E-state index contributed by atoms with van der Waals surface area (Å²) < 4.78 is 0. The third kappa shape index (κ3) is 2.60. The molecule has 0 saturated carbocycles. The van der Waals surface area contributed by atoms with Gasteiger partial charge in [0.1, 0.15) is 0 Å². The molecule has 0 bridgehead atoms. The molecule has 0 atom stereocenters. The minimum absolute atomic E-state index is 0.296. The zero-order valence-corrected chi connectivity index (χ0v) is 11.3. The van der Waals surface area contributed by atoms with Crippen molar-refractivity contribution in [1.29, 1.82) is 5.26 Å². The average molecular weight is 254 g/mol. The third-order valence-electron chi connectivity index (χ3n) is 3.20. The molecule has 0 aliphatic carbocycles. The molecule has 0 fully saturated rings. The predicted octanol–water partition coefficient (Wildman–Crippen LogP) is 2.95. The van der Waals surface area contributed by atoms with Crippen molar-refractivity contribution >= 4 is 22.3 Å². The summed E-state index contributed by atoms with van der Waals surface area (Å²) in [6.45, 7) is 4.89. The van der Waals surface area contributed by atoms with Gasteiger partial charge in [0.25, 0.3) is 0 Å². The number of nitriles is 1. The van der Waals surface area contributed by atoms with E-state index in [-0.39, 0.29) is 0 Å². The van der Waals surface area contributed by atoms with Crippen LogP contribution in [0.1, 0.15) is 20.3 Å². The summed E-state index contributed by atoms with van der Waals surface area (Å²) in [6.07, 6.45) is 2.25. The monoisotopic (exact) mass is 254 g/mol. The zero-order valence-electron chi connectivity index (χ0n) is 11.3. The summed E-state index contributed by atoms with van der Waals surface area (Å²) in [5.74, 6) is 0. The molecule has 98 valence electrons. The first-order chi connectivity index (χ1) is 9.15. The van der Waals surface area contributed by atoms with Crippen LogP contribution in [-0.2, 0) is 0 Å². The van der Waals surface area contributed by atoms with Gasteiger partial charge in [-0.2, -0.15) is 5.26 Å². The first-order valence-electron chi connectivity index (χ1n) is 6.42. The van der Waals surface area contributed by atoms with E-state index in [4.69, 9.17) is 11.0 Å². The van der Waals surface area contributed by atoms with Gasteiger partial charge in [0.2, 0.25) is 0 Å². The van der Waals surface area contributed by atoms with Crippen molar-refractivity contribution < 1.29 is 0 Å². The van der Waals surface area contributed by atoms with Crippen molar-refractivity contribution in [2.45, 2.75) is 26.3 Å². The predicted molar refractivity (Wildman–Crippen MR) is 78.9 cm³/mol. The molecule has 0 spiro atoms. The number of fused-ring (bicyclic) bond motifs is 1. The molecule has 0 aliphatic rings. The number of nitrogens with two attached hydrogens (primary N) is 1. The first kappa shape index (κ1) is 13.2. The van der Waals surface area contributed by atoms with Crippen LogP contribution in [0.2, 0.25) is 0 Å². The van der Waals surface area contributed by atoms with Gasteiger partial charge in [0, 0.05) is 24.2 Å². The van der Waals surface area contributed by atoms with Gasteiger partial charge in [0.15, 0.2) is 0 Å². The number of anilines is 2. The van der Waals surface area contributed by atoms with E-state index in [0.717, 1.165) is 22.3 Å². The summed E-state index contributed by atoms with van der Waals surface area (Å²) in [5, 5.41) is 9.73. The highest BCUT2D eigenvalue weighted by atomic mass is 15.2. The number of rotatable bonds is 4. The number of hydrogen-bond donors (Lipinski definition) is 1. The molecule has 0 aliphatic heterocycles. The smallest absolute Gasteiger partial charge is 0.0724 e. The van der Waals surface area contributed by atoms with Gasteiger partial charge in [-0.15, -0.1) is 0 Å². The lowest BCUT2D eigenvalue weighted by molar-refractivity contribution is 0.688. The van der Waals surface area contributed by atoms with E-state index >= 15 is 0 Å². The molecule has 19 heavy (non-hydrogen) atoms. The van der Waals surface area contributed by atoms with Gasteiger partial charge in [-0.1, -0.05) is 0 Å². The van der Waals surface area contributed by atoms with Crippen molar-refractivity contribution in [2.24, 2.45) is 0 Å². The summed E-state index contributed by atoms with van der Waals surface area (Å²) in [5.41, 5.74) is 8.87. The highest BCUT2D eigenvalue weighted by Crippen LogP contribution is 2.31. The lowest BCUT2D eigenvalue weighted by atomic mass is 10.1. The van der Waals surface area contributed by atoms with E-state index in [0.29, 0.717) is 19.0 Å². The fourth-order valence-corrected chi connectivity index (χ4v) is 2.24. The van der Waals surface area contributed by atoms with Crippen LogP contribution in [0.5, 0.6) is 0 Å². The largest absolute Gasteiger partial charge is 0.396 e. The van der Waals surface area contributed by atoms with Crippen LogP contribution in [-0.4, -0.2) is 17.6 Å². The number of benzene rings is 1. The molecule has 1 aromatic carbocycles. The molecule has 4 heteroatoms. The van der Waals surface area contributed by atoms with Crippen LogP contribution in [0, 0.1) is 11.3 Å². The number of nitrogens with zero attached hydrogens (tertiary/aromatic N) is 3. The van der Waals surface area contributed by atoms with Crippen molar-refractivity contribution in [3.8, 4) is 6.07 Å². The molecule has 0 amide bonds. The second kappa shape index (κ2) is 5.57. The van der Waals surface area contributed by atoms with Crippen molar-refractivity contribution in [3.05, 3.63) is 30.5 Å². The van der Waals surface area contributed by atoms with Crippen LogP contribution < -0.4 is 10.6 Å². The molecular formula is C15H18N4. The highest BCUT2D eigenvalue weighted by molar-refractivity contribution is 5.97. The van der Waals surface area contributed by atoms with E-state index in [1.165, 1.54) is 0 Å². The van der Waals surface area contributed by atoms with Crippen LogP contribution in [0.3, 0.4) is 0 Å². The second-order valence-electron chi connectivity index (χ2n) is 4.76. The van der Waals surface area contributed by atoms with Gasteiger partial charge in [-0.05, 0) is 38.1 Å². The minimum atomic E-state index is 0.296. The Morgan fingerprint density at radius 2 is 2.16 bits per heavy atom. The molecule has 2 rings (SSSR count). The number of pyridine rings is 1. The summed E-state index contributed by atoms with van der Waals surface area (Å²) >= 11 is 0.